The minimum atomic E-state index is -1.67. The standard InChI is InChI=1S/C70H131NO10/c1-3-5-7-9-11-13-15-17-19-21-23-25-27-29-31-32-34-35-37-39-41-43-45-47-49-51-53-55-57-62(73)65(75)61(60-80-70-68(78)67(77)66(76)64(59-72)81-70)71-69(79)63(74)58-56-54-52-50-48-46-44-42-40-38-36-33-30-28-26-24-22-20-18-16-14-12-10-8-6-4-2/h24,26,30,33,41,43,49,51,61-68,70,72-78H,3-23,25,27-29,31-32,34-40,42,44-48,50,52-60H2,1-2H3,(H,71,79)/b26-24-,33-30-,43-41+,51-49+. The van der Waals surface area contributed by atoms with E-state index in [0.29, 0.717) is 19.3 Å². The third kappa shape index (κ3) is 46.0. The number of aliphatic hydroxyl groups excluding tert-OH is 7. The first kappa shape index (κ1) is 77.1. The summed E-state index contributed by atoms with van der Waals surface area (Å²) in [7, 11) is 0. The van der Waals surface area contributed by atoms with Crippen molar-refractivity contribution in [2.45, 2.75) is 377 Å². The van der Waals surface area contributed by atoms with Crippen LogP contribution < -0.4 is 5.32 Å². The highest BCUT2D eigenvalue weighted by atomic mass is 16.7. The third-order valence-electron chi connectivity index (χ3n) is 16.6. The fourth-order valence-electron chi connectivity index (χ4n) is 11.0. The Morgan fingerprint density at radius 2 is 0.778 bits per heavy atom. The summed E-state index contributed by atoms with van der Waals surface area (Å²) in [4.78, 5) is 13.2. The second-order valence-corrected chi connectivity index (χ2v) is 24.2. The first-order valence-electron chi connectivity index (χ1n) is 34.5. The summed E-state index contributed by atoms with van der Waals surface area (Å²) in [6, 6.07) is -1.20. The Bertz CT molecular complexity index is 1460. The maximum Gasteiger partial charge on any atom is 0.249 e. The summed E-state index contributed by atoms with van der Waals surface area (Å²) in [5.41, 5.74) is 0. The molecule has 1 aliphatic rings. The molecule has 11 nitrogen and oxygen atoms in total. The van der Waals surface area contributed by atoms with E-state index in [4.69, 9.17) is 9.47 Å². The molecule has 9 unspecified atom stereocenters. The molecule has 0 aromatic carbocycles. The monoisotopic (exact) mass is 1150 g/mol. The van der Waals surface area contributed by atoms with E-state index in [2.05, 4.69) is 67.8 Å². The molecule has 9 atom stereocenters. The predicted molar refractivity (Wildman–Crippen MR) is 339 cm³/mol. The Balaban J connectivity index is 2.25. The van der Waals surface area contributed by atoms with E-state index in [0.717, 1.165) is 51.4 Å². The number of aliphatic hydroxyl groups is 7. The van der Waals surface area contributed by atoms with Gasteiger partial charge in [0.25, 0.3) is 0 Å². The summed E-state index contributed by atoms with van der Waals surface area (Å²) in [5.74, 6) is -0.710. The van der Waals surface area contributed by atoms with Crippen molar-refractivity contribution in [3.05, 3.63) is 48.6 Å². The lowest BCUT2D eigenvalue weighted by atomic mass is 9.98. The smallest absolute Gasteiger partial charge is 0.249 e. The second-order valence-electron chi connectivity index (χ2n) is 24.2. The van der Waals surface area contributed by atoms with E-state index < -0.39 is 74.2 Å². The molecule has 0 radical (unpaired) electrons. The maximum atomic E-state index is 13.2. The molecule has 8 N–H and O–H groups in total. The van der Waals surface area contributed by atoms with Gasteiger partial charge in [0.15, 0.2) is 6.29 Å². The molecule has 0 aromatic rings. The number of rotatable bonds is 60. The molecule has 1 saturated heterocycles. The first-order valence-corrected chi connectivity index (χ1v) is 34.5. The number of hydrogen-bond donors (Lipinski definition) is 8. The molecule has 0 aliphatic carbocycles. The molecule has 0 aromatic heterocycles. The molecule has 0 saturated carbocycles. The normalized spacial score (nSPS) is 19.4. The van der Waals surface area contributed by atoms with Crippen LogP contribution in [0.3, 0.4) is 0 Å². The summed E-state index contributed by atoms with van der Waals surface area (Å²) in [6.07, 6.45) is 64.8. The van der Waals surface area contributed by atoms with Gasteiger partial charge in [0, 0.05) is 0 Å². The molecule has 1 fully saturated rings. The van der Waals surface area contributed by atoms with Crippen LogP contribution in [0.25, 0.3) is 0 Å². The van der Waals surface area contributed by atoms with Crippen LogP contribution >= 0.6 is 0 Å². The van der Waals surface area contributed by atoms with Crippen molar-refractivity contribution in [2.24, 2.45) is 0 Å². The van der Waals surface area contributed by atoms with Crippen molar-refractivity contribution < 1.29 is 50.0 Å². The van der Waals surface area contributed by atoms with Gasteiger partial charge < -0.3 is 50.5 Å². The highest BCUT2D eigenvalue weighted by Gasteiger charge is 2.44. The minimum Gasteiger partial charge on any atom is -0.394 e. The van der Waals surface area contributed by atoms with E-state index in [1.807, 2.05) is 0 Å². The van der Waals surface area contributed by atoms with Gasteiger partial charge >= 0.3 is 0 Å². The summed E-state index contributed by atoms with van der Waals surface area (Å²) >= 11 is 0. The average Bonchev–Trinajstić information content (AvgIpc) is 3.49. The van der Waals surface area contributed by atoms with Crippen LogP contribution in [0.1, 0.15) is 322 Å². The number of allylic oxidation sites excluding steroid dienone is 8. The van der Waals surface area contributed by atoms with Crippen LogP contribution in [-0.2, 0) is 14.3 Å². The molecular weight excluding hydrogens is 1010 g/mol. The maximum absolute atomic E-state index is 13.2. The summed E-state index contributed by atoms with van der Waals surface area (Å²) in [6.45, 7) is 3.48. The zero-order valence-corrected chi connectivity index (χ0v) is 52.5. The Morgan fingerprint density at radius 3 is 1.17 bits per heavy atom. The molecule has 11 heteroatoms. The van der Waals surface area contributed by atoms with Gasteiger partial charge in [-0.05, 0) is 83.5 Å². The second kappa shape index (κ2) is 58.5. The fraction of sp³-hybridized carbons (Fsp3) is 0.871. The van der Waals surface area contributed by atoms with Crippen LogP contribution in [0.2, 0.25) is 0 Å². The molecule has 1 aliphatic heterocycles. The average molecular weight is 1150 g/mol. The number of nitrogens with one attached hydrogen (secondary N) is 1. The van der Waals surface area contributed by atoms with E-state index in [-0.39, 0.29) is 12.8 Å². The van der Waals surface area contributed by atoms with Crippen molar-refractivity contribution in [3.63, 3.8) is 0 Å². The molecule has 1 rings (SSSR count). The highest BCUT2D eigenvalue weighted by molar-refractivity contribution is 5.80. The zero-order valence-electron chi connectivity index (χ0n) is 52.5. The summed E-state index contributed by atoms with van der Waals surface area (Å²) in [5, 5.41) is 76.4. The number of carbonyl (C=O) groups excluding carboxylic acids is 1. The molecule has 476 valence electrons. The van der Waals surface area contributed by atoms with Gasteiger partial charge in [0.05, 0.1) is 25.4 Å². The van der Waals surface area contributed by atoms with Crippen LogP contribution in [0.5, 0.6) is 0 Å². The zero-order chi connectivity index (χ0) is 58.9. The van der Waals surface area contributed by atoms with Crippen molar-refractivity contribution in [2.75, 3.05) is 13.2 Å². The van der Waals surface area contributed by atoms with E-state index in [1.54, 1.807) is 0 Å². The lowest BCUT2D eigenvalue weighted by Gasteiger charge is -2.40. The van der Waals surface area contributed by atoms with Crippen LogP contribution in [-0.4, -0.2) is 110 Å². The van der Waals surface area contributed by atoms with Crippen molar-refractivity contribution in [1.82, 2.24) is 5.32 Å². The molecule has 0 spiro atoms. The Labute approximate surface area is 498 Å². The Hall–Kier alpha value is -1.93. The van der Waals surface area contributed by atoms with Crippen molar-refractivity contribution in [3.8, 4) is 0 Å². The lowest BCUT2D eigenvalue weighted by Crippen LogP contribution is -2.60. The third-order valence-corrected chi connectivity index (χ3v) is 16.6. The van der Waals surface area contributed by atoms with Gasteiger partial charge in [-0.3, -0.25) is 4.79 Å². The van der Waals surface area contributed by atoms with Crippen molar-refractivity contribution >= 4 is 5.91 Å². The van der Waals surface area contributed by atoms with Crippen LogP contribution in [0, 0.1) is 0 Å². The van der Waals surface area contributed by atoms with Crippen LogP contribution in [0.4, 0.5) is 0 Å². The Morgan fingerprint density at radius 1 is 0.432 bits per heavy atom. The van der Waals surface area contributed by atoms with Gasteiger partial charge in [-0.2, -0.15) is 0 Å². The topological polar surface area (TPSA) is 189 Å². The van der Waals surface area contributed by atoms with Gasteiger partial charge in [-0.1, -0.05) is 287 Å². The fourth-order valence-corrected chi connectivity index (χ4v) is 11.0. The number of ether oxygens (including phenoxy) is 2. The number of amides is 1. The van der Waals surface area contributed by atoms with Gasteiger partial charge in [0.1, 0.15) is 36.6 Å². The highest BCUT2D eigenvalue weighted by Crippen LogP contribution is 2.24. The van der Waals surface area contributed by atoms with Gasteiger partial charge in [0.2, 0.25) is 5.91 Å². The molecule has 81 heavy (non-hydrogen) atoms. The van der Waals surface area contributed by atoms with Gasteiger partial charge in [-0.25, -0.2) is 0 Å². The molecule has 0 bridgehead atoms. The first-order chi connectivity index (χ1) is 39.7. The quantitative estimate of drug-likeness (QED) is 0.0215. The van der Waals surface area contributed by atoms with Crippen molar-refractivity contribution in [1.29, 1.82) is 0 Å². The van der Waals surface area contributed by atoms with E-state index in [1.165, 1.54) is 225 Å². The number of unbranched alkanes of at least 4 members (excludes halogenated alkanes) is 40. The van der Waals surface area contributed by atoms with E-state index in [9.17, 15) is 40.5 Å². The predicted octanol–water partition coefficient (Wildman–Crippen LogP) is 16.4. The lowest BCUT2D eigenvalue weighted by molar-refractivity contribution is -0.303. The van der Waals surface area contributed by atoms with Gasteiger partial charge in [-0.15, -0.1) is 0 Å². The Kier molecular flexibility index (Phi) is 55.6. The number of hydrogen-bond acceptors (Lipinski definition) is 10. The van der Waals surface area contributed by atoms with E-state index >= 15 is 0 Å². The minimum absolute atomic E-state index is 0.245. The largest absolute Gasteiger partial charge is 0.394 e. The summed E-state index contributed by atoms with van der Waals surface area (Å²) < 4.78 is 11.2. The molecule has 1 heterocycles. The molecule has 1 amide bonds. The number of carbonyl (C=O) groups is 1. The van der Waals surface area contributed by atoms with Crippen LogP contribution in [0.15, 0.2) is 48.6 Å². The molecular formula is C70H131NO10. The SMILES string of the molecule is CCCCCCCCCCC/C=C\C/C=C\CCCCCCCCCCCCC(O)C(=O)NC(COC1OC(CO)C(O)C(O)C1O)C(O)C(O)CCC/C=C/CC/C=C/CCCCCCCCCCCCCCCCCCCCC.